The molecule has 2 saturated heterocycles. The molecule has 1 unspecified atom stereocenters. The van der Waals surface area contributed by atoms with E-state index in [1.54, 1.807) is 4.90 Å². The molecule has 2 aliphatic rings. The molecule has 2 amide bonds. The Morgan fingerprint density at radius 2 is 2.07 bits per heavy atom. The summed E-state index contributed by atoms with van der Waals surface area (Å²) < 4.78 is 41.3. The van der Waals surface area contributed by atoms with Gasteiger partial charge in [0.15, 0.2) is 11.3 Å². The van der Waals surface area contributed by atoms with E-state index < -0.39 is 29.4 Å². The summed E-state index contributed by atoms with van der Waals surface area (Å²) in [4.78, 5) is 31.7. The van der Waals surface area contributed by atoms with E-state index >= 15 is 0 Å². The number of fused-ring (bicyclic) bond motifs is 1. The van der Waals surface area contributed by atoms with Crippen molar-refractivity contribution in [1.29, 1.82) is 0 Å². The van der Waals surface area contributed by atoms with Crippen molar-refractivity contribution in [3.05, 3.63) is 33.1 Å². The van der Waals surface area contributed by atoms with Crippen LogP contribution in [-0.4, -0.2) is 67.9 Å². The molecule has 2 aromatic heterocycles. The average molecular weight is 510 g/mol. The molecule has 0 aliphatic carbocycles. The summed E-state index contributed by atoms with van der Waals surface area (Å²) in [5.74, 6) is -0.689. The summed E-state index contributed by atoms with van der Waals surface area (Å²) in [6.07, 6.45) is -2.80. The van der Waals surface area contributed by atoms with Gasteiger partial charge in [0.25, 0.3) is 5.91 Å². The second-order valence-corrected chi connectivity index (χ2v) is 8.65. The number of pyridine rings is 1. The summed E-state index contributed by atoms with van der Waals surface area (Å²) in [5.41, 5.74) is -1.82. The largest absolute Gasteiger partial charge is 0.420 e. The fourth-order valence-electron chi connectivity index (χ4n) is 4.07. The molecule has 2 aromatic rings. The number of nitrogens with zero attached hydrogens (tertiary/aromatic N) is 4. The van der Waals surface area contributed by atoms with Gasteiger partial charge in [-0.05, 0) is 34.8 Å². The maximum Gasteiger partial charge on any atom is 0.420 e. The molecule has 0 aromatic carbocycles. The highest BCUT2D eigenvalue weighted by atomic mass is 79.9. The van der Waals surface area contributed by atoms with Crippen LogP contribution in [0.2, 0.25) is 5.15 Å². The number of piperidine rings is 1. The Bertz CT molecular complexity index is 1030. The van der Waals surface area contributed by atoms with Crippen LogP contribution in [0.1, 0.15) is 35.3 Å². The number of aliphatic hydroxyl groups is 1. The van der Waals surface area contributed by atoms with Crippen LogP contribution in [0.5, 0.6) is 0 Å². The van der Waals surface area contributed by atoms with Crippen LogP contribution in [0.15, 0.2) is 16.7 Å². The van der Waals surface area contributed by atoms with Crippen molar-refractivity contribution in [3.8, 4) is 0 Å². The van der Waals surface area contributed by atoms with Crippen LogP contribution in [-0.2, 0) is 11.0 Å². The van der Waals surface area contributed by atoms with Gasteiger partial charge in [-0.25, -0.2) is 4.98 Å². The van der Waals surface area contributed by atoms with Crippen LogP contribution in [0.3, 0.4) is 0 Å². The summed E-state index contributed by atoms with van der Waals surface area (Å²) >= 11 is 9.22. The standard InChI is InChI=1S/C18H17BrClF3N4O3/c19-9-6-10(18(21,22)23)16-24-14(15(20)27(16)7-9)17(30)25-5-3-11(12(28)8-25)26-4-1-2-13(26)29/h6-7,11-12,28H,1-5,8H2/t11?,12-/m1/s1. The van der Waals surface area contributed by atoms with Gasteiger partial charge < -0.3 is 14.9 Å². The minimum atomic E-state index is -4.68. The van der Waals surface area contributed by atoms with Crippen molar-refractivity contribution in [2.45, 2.75) is 37.6 Å². The molecule has 4 heterocycles. The van der Waals surface area contributed by atoms with Gasteiger partial charge in [-0.1, -0.05) is 11.6 Å². The molecule has 0 bridgehead atoms. The number of carbonyl (C=O) groups is 2. The number of aromatic nitrogens is 2. The second kappa shape index (κ2) is 7.69. The molecule has 162 valence electrons. The van der Waals surface area contributed by atoms with Crippen molar-refractivity contribution in [3.63, 3.8) is 0 Å². The minimum Gasteiger partial charge on any atom is -0.389 e. The van der Waals surface area contributed by atoms with Gasteiger partial charge in [0.1, 0.15) is 5.15 Å². The Morgan fingerprint density at radius 3 is 2.67 bits per heavy atom. The minimum absolute atomic E-state index is 0.0209. The van der Waals surface area contributed by atoms with Crippen LogP contribution < -0.4 is 0 Å². The lowest BCUT2D eigenvalue weighted by Gasteiger charge is -2.40. The van der Waals surface area contributed by atoms with Crippen LogP contribution in [0.4, 0.5) is 13.2 Å². The van der Waals surface area contributed by atoms with Gasteiger partial charge >= 0.3 is 6.18 Å². The third kappa shape index (κ3) is 3.67. The molecule has 0 spiro atoms. The monoisotopic (exact) mass is 508 g/mol. The molecule has 1 N–H and O–H groups in total. The molecular weight excluding hydrogens is 493 g/mol. The van der Waals surface area contributed by atoms with E-state index in [1.165, 1.54) is 11.1 Å². The Balaban J connectivity index is 1.61. The van der Waals surface area contributed by atoms with Crippen molar-refractivity contribution in [1.82, 2.24) is 19.2 Å². The first kappa shape index (κ1) is 21.4. The molecule has 4 rings (SSSR count). The predicted octanol–water partition coefficient (Wildman–Crippen LogP) is 2.97. The van der Waals surface area contributed by atoms with E-state index in [0.717, 1.165) is 16.9 Å². The van der Waals surface area contributed by atoms with E-state index in [2.05, 4.69) is 20.9 Å². The van der Waals surface area contributed by atoms with E-state index in [9.17, 15) is 27.9 Å². The van der Waals surface area contributed by atoms with E-state index in [1.807, 2.05) is 0 Å². The quantitative estimate of drug-likeness (QED) is 0.675. The van der Waals surface area contributed by atoms with Gasteiger partial charge in [0.2, 0.25) is 5.91 Å². The Morgan fingerprint density at radius 1 is 1.33 bits per heavy atom. The molecule has 2 fully saturated rings. The highest BCUT2D eigenvalue weighted by molar-refractivity contribution is 9.10. The number of hydrogen-bond acceptors (Lipinski definition) is 4. The van der Waals surface area contributed by atoms with E-state index in [-0.39, 0.29) is 40.4 Å². The smallest absolute Gasteiger partial charge is 0.389 e. The van der Waals surface area contributed by atoms with Crippen molar-refractivity contribution < 1.29 is 27.9 Å². The fourth-order valence-corrected chi connectivity index (χ4v) is 4.75. The lowest BCUT2D eigenvalue weighted by Crippen LogP contribution is -2.55. The number of imidazole rings is 1. The zero-order chi connectivity index (χ0) is 21.8. The molecule has 7 nitrogen and oxygen atoms in total. The SMILES string of the molecule is O=C(c1nc2c(C(F)(F)F)cc(Br)cn2c1Cl)N1CCC(N2CCCC2=O)[C@H](O)C1. The number of halogens is 5. The molecule has 0 saturated carbocycles. The molecular formula is C18H17BrClF3N4O3. The second-order valence-electron chi connectivity index (χ2n) is 7.38. The summed E-state index contributed by atoms with van der Waals surface area (Å²) in [6.45, 7) is 0.736. The zero-order valence-corrected chi connectivity index (χ0v) is 17.8. The highest BCUT2D eigenvalue weighted by Gasteiger charge is 2.40. The molecule has 2 atom stereocenters. The first-order valence-electron chi connectivity index (χ1n) is 9.29. The number of likely N-dealkylation sites (tertiary alicyclic amines) is 2. The maximum atomic E-state index is 13.4. The van der Waals surface area contributed by atoms with Gasteiger partial charge in [-0.15, -0.1) is 0 Å². The third-order valence-corrected chi connectivity index (χ3v) is 6.28. The first-order valence-corrected chi connectivity index (χ1v) is 10.5. The molecule has 2 aliphatic heterocycles. The van der Waals surface area contributed by atoms with Gasteiger partial charge in [-0.3, -0.25) is 14.0 Å². The first-order chi connectivity index (χ1) is 14.1. The van der Waals surface area contributed by atoms with Crippen molar-refractivity contribution in [2.24, 2.45) is 0 Å². The topological polar surface area (TPSA) is 78.2 Å². The predicted molar refractivity (Wildman–Crippen MR) is 104 cm³/mol. The van der Waals surface area contributed by atoms with Gasteiger partial charge in [0.05, 0.1) is 17.7 Å². The van der Waals surface area contributed by atoms with E-state index in [0.29, 0.717) is 19.4 Å². The molecule has 30 heavy (non-hydrogen) atoms. The van der Waals surface area contributed by atoms with Gasteiger partial charge in [-0.2, -0.15) is 13.2 Å². The zero-order valence-electron chi connectivity index (χ0n) is 15.5. The number of β-amino-alcohol motifs (C(OH)–C–C–N with tert-alkyl or cyclic N) is 1. The lowest BCUT2D eigenvalue weighted by atomic mass is 10.00. The van der Waals surface area contributed by atoms with Crippen LogP contribution in [0.25, 0.3) is 5.65 Å². The Hall–Kier alpha value is -1.85. The summed E-state index contributed by atoms with van der Waals surface area (Å²) in [5, 5.41) is 10.3. The van der Waals surface area contributed by atoms with Gasteiger partial charge in [0, 0.05) is 36.7 Å². The van der Waals surface area contributed by atoms with Crippen molar-refractivity contribution in [2.75, 3.05) is 19.6 Å². The summed E-state index contributed by atoms with van der Waals surface area (Å²) in [6, 6.07) is 0.489. The number of carbonyl (C=O) groups excluding carboxylic acids is 2. The normalized spacial score (nSPS) is 22.9. The molecule has 0 radical (unpaired) electrons. The maximum absolute atomic E-state index is 13.4. The Labute approximate surface area is 182 Å². The van der Waals surface area contributed by atoms with Crippen LogP contribution in [0, 0.1) is 0 Å². The van der Waals surface area contributed by atoms with Crippen LogP contribution >= 0.6 is 27.5 Å². The lowest BCUT2D eigenvalue weighted by molar-refractivity contribution is -0.136. The van der Waals surface area contributed by atoms with Crippen molar-refractivity contribution >= 4 is 45.0 Å². The molecule has 12 heteroatoms. The number of amides is 2. The fraction of sp³-hybridized carbons (Fsp3) is 0.500. The number of aliphatic hydroxyl groups excluding tert-OH is 1. The Kier molecular flexibility index (Phi) is 5.48. The number of hydrogen-bond donors (Lipinski definition) is 1. The van der Waals surface area contributed by atoms with E-state index in [4.69, 9.17) is 11.6 Å². The average Bonchev–Trinajstić information content (AvgIpc) is 3.23. The summed E-state index contributed by atoms with van der Waals surface area (Å²) in [7, 11) is 0. The third-order valence-electron chi connectivity index (χ3n) is 5.48. The number of rotatable bonds is 2. The number of alkyl halides is 3. The highest BCUT2D eigenvalue weighted by Crippen LogP contribution is 2.36.